The Morgan fingerprint density at radius 1 is 1.30 bits per heavy atom. The quantitative estimate of drug-likeness (QED) is 0.834. The van der Waals surface area contributed by atoms with Gasteiger partial charge in [0, 0.05) is 31.3 Å². The highest BCUT2D eigenvalue weighted by Gasteiger charge is 2.34. The lowest BCUT2D eigenvalue weighted by Crippen LogP contribution is -2.55. The number of hydrogen-bond donors (Lipinski definition) is 1. The maximum Gasteiger partial charge on any atom is 0.387 e. The van der Waals surface area contributed by atoms with Crippen molar-refractivity contribution in [3.8, 4) is 5.75 Å². The van der Waals surface area contributed by atoms with Gasteiger partial charge in [0.05, 0.1) is 0 Å². The smallest absolute Gasteiger partial charge is 0.387 e. The molecule has 1 atom stereocenters. The van der Waals surface area contributed by atoms with Gasteiger partial charge in [-0.15, -0.1) is 0 Å². The van der Waals surface area contributed by atoms with E-state index in [1.54, 1.807) is 18.2 Å². The van der Waals surface area contributed by atoms with E-state index in [1.165, 1.54) is 0 Å². The van der Waals surface area contributed by atoms with Crippen LogP contribution in [-0.4, -0.2) is 50.9 Å². The number of nitrogens with zero attached hydrogens (tertiary/aromatic N) is 1. The molecule has 1 aromatic rings. The molecule has 1 aliphatic rings. The second-order valence-corrected chi connectivity index (χ2v) is 6.28. The lowest BCUT2D eigenvalue weighted by Gasteiger charge is -2.43. The predicted molar refractivity (Wildman–Crippen MR) is 86.0 cm³/mol. The van der Waals surface area contributed by atoms with Gasteiger partial charge in [-0.05, 0) is 51.6 Å². The van der Waals surface area contributed by atoms with Crippen LogP contribution in [0.5, 0.6) is 5.75 Å². The molecule has 1 saturated heterocycles. The summed E-state index contributed by atoms with van der Waals surface area (Å²) in [5, 5.41) is 3.53. The van der Waals surface area contributed by atoms with Gasteiger partial charge >= 0.3 is 6.61 Å². The summed E-state index contributed by atoms with van der Waals surface area (Å²) in [6, 6.07) is 6.91. The average molecular weight is 328 g/mol. The first-order chi connectivity index (χ1) is 10.9. The summed E-state index contributed by atoms with van der Waals surface area (Å²) in [6.07, 6.45) is 1.96. The highest BCUT2D eigenvalue weighted by atomic mass is 19.3. The van der Waals surface area contributed by atoms with E-state index in [2.05, 4.69) is 29.0 Å². The Hall–Kier alpha value is -1.24. The van der Waals surface area contributed by atoms with Crippen molar-refractivity contribution in [3.05, 3.63) is 29.8 Å². The highest BCUT2D eigenvalue weighted by molar-refractivity contribution is 5.30. The summed E-state index contributed by atoms with van der Waals surface area (Å²) in [6.45, 7) is 1.60. The molecule has 23 heavy (non-hydrogen) atoms. The Labute approximate surface area is 136 Å². The average Bonchev–Trinajstić information content (AvgIpc) is 2.53. The number of benzene rings is 1. The molecule has 0 saturated carbocycles. The fourth-order valence-electron chi connectivity index (χ4n) is 2.95. The minimum Gasteiger partial charge on any atom is -0.435 e. The SMILES string of the molecule is C[C@H](NCC1(N(C)C)CCOCC1)c1cccc(OC(F)F)c1. The molecule has 0 bridgehead atoms. The Morgan fingerprint density at radius 2 is 2.00 bits per heavy atom. The van der Waals surface area contributed by atoms with Gasteiger partial charge < -0.3 is 19.7 Å². The van der Waals surface area contributed by atoms with E-state index < -0.39 is 6.61 Å². The van der Waals surface area contributed by atoms with Crippen LogP contribution in [0.4, 0.5) is 8.78 Å². The van der Waals surface area contributed by atoms with E-state index in [0.717, 1.165) is 38.2 Å². The van der Waals surface area contributed by atoms with Crippen molar-refractivity contribution in [2.75, 3.05) is 33.9 Å². The minimum absolute atomic E-state index is 0.0518. The minimum atomic E-state index is -2.80. The number of nitrogens with one attached hydrogen (secondary N) is 1. The fourth-order valence-corrected chi connectivity index (χ4v) is 2.95. The number of hydrogen-bond acceptors (Lipinski definition) is 4. The van der Waals surface area contributed by atoms with Crippen LogP contribution in [0.3, 0.4) is 0 Å². The zero-order valence-electron chi connectivity index (χ0n) is 14.0. The molecule has 0 spiro atoms. The zero-order chi connectivity index (χ0) is 16.9. The monoisotopic (exact) mass is 328 g/mol. The Kier molecular flexibility index (Phi) is 6.33. The van der Waals surface area contributed by atoms with Crippen LogP contribution in [0, 0.1) is 0 Å². The molecule has 2 rings (SSSR count). The maximum atomic E-state index is 12.3. The number of ether oxygens (including phenoxy) is 2. The van der Waals surface area contributed by atoms with Crippen LogP contribution in [0.25, 0.3) is 0 Å². The van der Waals surface area contributed by atoms with Crippen molar-refractivity contribution in [3.63, 3.8) is 0 Å². The van der Waals surface area contributed by atoms with Gasteiger partial charge in [-0.1, -0.05) is 12.1 Å². The largest absolute Gasteiger partial charge is 0.435 e. The number of alkyl halides is 2. The van der Waals surface area contributed by atoms with Crippen LogP contribution in [0.2, 0.25) is 0 Å². The molecular formula is C17H26F2N2O2. The van der Waals surface area contributed by atoms with Crippen molar-refractivity contribution >= 4 is 0 Å². The molecule has 6 heteroatoms. The summed E-state index contributed by atoms with van der Waals surface area (Å²) in [5.41, 5.74) is 1.01. The van der Waals surface area contributed by atoms with Crippen molar-refractivity contribution < 1.29 is 18.3 Å². The van der Waals surface area contributed by atoms with Crippen molar-refractivity contribution in [1.29, 1.82) is 0 Å². The Balaban J connectivity index is 1.99. The normalized spacial score (nSPS) is 19.1. The molecule has 4 nitrogen and oxygen atoms in total. The van der Waals surface area contributed by atoms with Crippen LogP contribution in [-0.2, 0) is 4.74 Å². The van der Waals surface area contributed by atoms with Crippen molar-refractivity contribution in [2.45, 2.75) is 38.0 Å². The lowest BCUT2D eigenvalue weighted by atomic mass is 9.88. The molecule has 1 heterocycles. The molecule has 0 aliphatic carbocycles. The summed E-state index contributed by atoms with van der Waals surface area (Å²) in [5.74, 6) is 0.194. The van der Waals surface area contributed by atoms with Crippen molar-refractivity contribution in [1.82, 2.24) is 10.2 Å². The van der Waals surface area contributed by atoms with Gasteiger partial charge in [0.2, 0.25) is 0 Å². The molecule has 0 radical (unpaired) electrons. The molecule has 1 fully saturated rings. The van der Waals surface area contributed by atoms with Crippen LogP contribution in [0.15, 0.2) is 24.3 Å². The van der Waals surface area contributed by atoms with Crippen LogP contribution >= 0.6 is 0 Å². The lowest BCUT2D eigenvalue weighted by molar-refractivity contribution is -0.0499. The van der Waals surface area contributed by atoms with Gasteiger partial charge in [-0.2, -0.15) is 8.78 Å². The van der Waals surface area contributed by atoms with Crippen LogP contribution < -0.4 is 10.1 Å². The van der Waals surface area contributed by atoms with E-state index in [1.807, 2.05) is 13.0 Å². The summed E-state index contributed by atoms with van der Waals surface area (Å²) >= 11 is 0. The first-order valence-corrected chi connectivity index (χ1v) is 7.96. The molecule has 1 aromatic carbocycles. The summed E-state index contributed by atoms with van der Waals surface area (Å²) < 4.78 is 34.6. The summed E-state index contributed by atoms with van der Waals surface area (Å²) in [7, 11) is 4.18. The van der Waals surface area contributed by atoms with Gasteiger partial charge in [-0.25, -0.2) is 0 Å². The molecule has 1 N–H and O–H groups in total. The fraction of sp³-hybridized carbons (Fsp3) is 0.647. The Morgan fingerprint density at radius 3 is 2.61 bits per heavy atom. The molecule has 1 aliphatic heterocycles. The van der Waals surface area contributed by atoms with Crippen LogP contribution in [0.1, 0.15) is 31.4 Å². The second kappa shape index (κ2) is 8.04. The molecular weight excluding hydrogens is 302 g/mol. The zero-order valence-corrected chi connectivity index (χ0v) is 14.0. The highest BCUT2D eigenvalue weighted by Crippen LogP contribution is 2.27. The third-order valence-corrected chi connectivity index (χ3v) is 4.69. The summed E-state index contributed by atoms with van der Waals surface area (Å²) in [4.78, 5) is 2.26. The van der Waals surface area contributed by atoms with E-state index in [0.29, 0.717) is 0 Å². The molecule has 0 amide bonds. The molecule has 130 valence electrons. The van der Waals surface area contributed by atoms with Gasteiger partial charge in [0.25, 0.3) is 0 Å². The number of rotatable bonds is 7. The van der Waals surface area contributed by atoms with Crippen molar-refractivity contribution in [2.24, 2.45) is 0 Å². The van der Waals surface area contributed by atoms with Gasteiger partial charge in [0.1, 0.15) is 5.75 Å². The van der Waals surface area contributed by atoms with E-state index in [-0.39, 0.29) is 17.3 Å². The van der Waals surface area contributed by atoms with E-state index in [9.17, 15) is 8.78 Å². The number of halogens is 2. The third-order valence-electron chi connectivity index (χ3n) is 4.69. The first-order valence-electron chi connectivity index (χ1n) is 7.96. The second-order valence-electron chi connectivity index (χ2n) is 6.28. The molecule has 0 unspecified atom stereocenters. The van der Waals surface area contributed by atoms with E-state index in [4.69, 9.17) is 4.74 Å². The Bertz CT molecular complexity index is 491. The number of likely N-dealkylation sites (N-methyl/N-ethyl adjacent to an activating group) is 1. The first kappa shape index (κ1) is 18.1. The standard InChI is InChI=1S/C17H26F2N2O2/c1-13(14-5-4-6-15(11-14)23-16(18)19)20-12-17(21(2)3)7-9-22-10-8-17/h4-6,11,13,16,20H,7-10,12H2,1-3H3/t13-/m0/s1. The van der Waals surface area contributed by atoms with E-state index >= 15 is 0 Å². The topological polar surface area (TPSA) is 33.7 Å². The maximum absolute atomic E-state index is 12.3. The predicted octanol–water partition coefficient (Wildman–Crippen LogP) is 3.05. The van der Waals surface area contributed by atoms with Gasteiger partial charge in [0.15, 0.2) is 0 Å². The third kappa shape index (κ3) is 4.86. The van der Waals surface area contributed by atoms with Gasteiger partial charge in [-0.3, -0.25) is 0 Å². The molecule has 0 aromatic heterocycles.